The van der Waals surface area contributed by atoms with Gasteiger partial charge in [-0.1, -0.05) is 43.7 Å². The van der Waals surface area contributed by atoms with Gasteiger partial charge in [-0.05, 0) is 54.5 Å². The van der Waals surface area contributed by atoms with Gasteiger partial charge >= 0.3 is 6.09 Å². The van der Waals surface area contributed by atoms with Crippen molar-refractivity contribution in [3.63, 3.8) is 0 Å². The second kappa shape index (κ2) is 7.90. The molecule has 4 rings (SSSR count). The number of hydrogen-bond acceptors (Lipinski definition) is 3. The van der Waals surface area contributed by atoms with Crippen LogP contribution in [0.2, 0.25) is 0 Å². The average molecular weight is 392 g/mol. The van der Waals surface area contributed by atoms with Crippen molar-refractivity contribution in [1.82, 2.24) is 0 Å². The number of nitrogens with zero attached hydrogens (tertiary/aromatic N) is 1. The molecule has 5 heteroatoms. The fraction of sp³-hybridized carbons (Fsp3) is 0.417. The van der Waals surface area contributed by atoms with E-state index in [2.05, 4.69) is 24.4 Å². The Labute approximate surface area is 172 Å². The van der Waals surface area contributed by atoms with E-state index in [0.29, 0.717) is 24.8 Å². The molecule has 0 aromatic heterocycles. The van der Waals surface area contributed by atoms with Crippen LogP contribution in [0.1, 0.15) is 50.7 Å². The molecule has 152 valence electrons. The predicted octanol–water partition coefficient (Wildman–Crippen LogP) is 5.10. The van der Waals surface area contributed by atoms with Gasteiger partial charge in [-0.3, -0.25) is 10.1 Å². The molecule has 0 spiro atoms. The molecule has 1 aliphatic heterocycles. The van der Waals surface area contributed by atoms with E-state index < -0.39 is 6.09 Å². The standard InChI is InChI=1S/C24H28N2O3/c1-17(27)26-14-13-24(2,19-9-4-3-5-10-19)21-15-20(11-12-22(21)26)25-23(28)29-16-18-7-6-8-18/h3-5,9-12,15,18H,6-8,13-14,16H2,1-2H3,(H,25,28). The van der Waals surface area contributed by atoms with Gasteiger partial charge in [0.15, 0.2) is 0 Å². The van der Waals surface area contributed by atoms with Gasteiger partial charge in [0, 0.05) is 30.3 Å². The minimum Gasteiger partial charge on any atom is -0.449 e. The summed E-state index contributed by atoms with van der Waals surface area (Å²) in [6.45, 7) is 4.96. The first-order valence-electron chi connectivity index (χ1n) is 10.4. The molecular formula is C24H28N2O3. The number of benzene rings is 2. The molecule has 1 aliphatic carbocycles. The second-order valence-electron chi connectivity index (χ2n) is 8.37. The number of carbonyl (C=O) groups is 2. The normalized spacial score (nSPS) is 21.1. The summed E-state index contributed by atoms with van der Waals surface area (Å²) in [5.74, 6) is 0.539. The van der Waals surface area contributed by atoms with Gasteiger partial charge in [0.1, 0.15) is 0 Å². The first-order chi connectivity index (χ1) is 14.0. The molecule has 0 bridgehead atoms. The number of rotatable bonds is 4. The van der Waals surface area contributed by atoms with Gasteiger partial charge in [0.25, 0.3) is 0 Å². The summed E-state index contributed by atoms with van der Waals surface area (Å²) in [4.78, 5) is 26.2. The van der Waals surface area contributed by atoms with Crippen LogP contribution >= 0.6 is 0 Å². The zero-order valence-electron chi connectivity index (χ0n) is 17.1. The van der Waals surface area contributed by atoms with Crippen LogP contribution in [0, 0.1) is 5.92 Å². The van der Waals surface area contributed by atoms with E-state index in [-0.39, 0.29) is 11.3 Å². The summed E-state index contributed by atoms with van der Waals surface area (Å²) in [5.41, 5.74) is 3.60. The molecule has 1 atom stereocenters. The maximum absolute atomic E-state index is 12.2. The van der Waals surface area contributed by atoms with E-state index in [1.54, 1.807) is 6.92 Å². The molecule has 29 heavy (non-hydrogen) atoms. The summed E-state index contributed by atoms with van der Waals surface area (Å²) in [7, 11) is 0. The van der Waals surface area contributed by atoms with Crippen LogP contribution in [-0.2, 0) is 14.9 Å². The molecule has 2 aromatic rings. The Bertz CT molecular complexity index is 908. The molecule has 1 fully saturated rings. The van der Waals surface area contributed by atoms with Gasteiger partial charge in [0.2, 0.25) is 5.91 Å². The number of amides is 2. The average Bonchev–Trinajstić information content (AvgIpc) is 2.68. The van der Waals surface area contributed by atoms with Crippen molar-refractivity contribution in [2.24, 2.45) is 5.92 Å². The maximum atomic E-state index is 12.2. The number of nitrogens with one attached hydrogen (secondary N) is 1. The number of hydrogen-bond donors (Lipinski definition) is 1. The molecular weight excluding hydrogens is 364 g/mol. The monoisotopic (exact) mass is 392 g/mol. The van der Waals surface area contributed by atoms with Crippen molar-refractivity contribution in [2.45, 2.75) is 44.9 Å². The lowest BCUT2D eigenvalue weighted by molar-refractivity contribution is -0.116. The number of anilines is 2. The van der Waals surface area contributed by atoms with Crippen molar-refractivity contribution in [1.29, 1.82) is 0 Å². The van der Waals surface area contributed by atoms with Crippen molar-refractivity contribution in [3.05, 3.63) is 59.7 Å². The van der Waals surface area contributed by atoms with Crippen LogP contribution in [0.15, 0.2) is 48.5 Å². The van der Waals surface area contributed by atoms with Crippen LogP contribution in [0.4, 0.5) is 16.2 Å². The zero-order valence-corrected chi connectivity index (χ0v) is 17.1. The number of fused-ring (bicyclic) bond motifs is 1. The quantitative estimate of drug-likeness (QED) is 0.788. The third-order valence-corrected chi connectivity index (χ3v) is 6.43. The third-order valence-electron chi connectivity index (χ3n) is 6.43. The van der Waals surface area contributed by atoms with E-state index in [1.807, 2.05) is 41.3 Å². The third kappa shape index (κ3) is 3.86. The summed E-state index contributed by atoms with van der Waals surface area (Å²) >= 11 is 0. The number of carbonyl (C=O) groups excluding carboxylic acids is 2. The first-order valence-corrected chi connectivity index (χ1v) is 10.4. The lowest BCUT2D eigenvalue weighted by Crippen LogP contribution is -2.41. The molecule has 0 saturated heterocycles. The lowest BCUT2D eigenvalue weighted by atomic mass is 9.71. The zero-order chi connectivity index (χ0) is 20.4. The lowest BCUT2D eigenvalue weighted by Gasteiger charge is -2.41. The predicted molar refractivity (Wildman–Crippen MR) is 114 cm³/mol. The van der Waals surface area contributed by atoms with Gasteiger partial charge in [0.05, 0.1) is 6.61 Å². The van der Waals surface area contributed by atoms with Crippen LogP contribution in [-0.4, -0.2) is 25.2 Å². The Morgan fingerprint density at radius 2 is 1.93 bits per heavy atom. The summed E-state index contributed by atoms with van der Waals surface area (Å²) < 4.78 is 5.38. The molecule has 5 nitrogen and oxygen atoms in total. The highest BCUT2D eigenvalue weighted by atomic mass is 16.5. The largest absolute Gasteiger partial charge is 0.449 e. The molecule has 2 amide bonds. The maximum Gasteiger partial charge on any atom is 0.411 e. The Balaban J connectivity index is 1.63. The topological polar surface area (TPSA) is 58.6 Å². The van der Waals surface area contributed by atoms with Crippen molar-refractivity contribution in [3.8, 4) is 0 Å². The smallest absolute Gasteiger partial charge is 0.411 e. The second-order valence-corrected chi connectivity index (χ2v) is 8.37. The molecule has 1 N–H and O–H groups in total. The Hall–Kier alpha value is -2.82. The fourth-order valence-electron chi connectivity index (χ4n) is 4.32. The Morgan fingerprint density at radius 1 is 1.17 bits per heavy atom. The first kappa shape index (κ1) is 19.5. The molecule has 2 aromatic carbocycles. The van der Waals surface area contributed by atoms with Crippen LogP contribution in [0.3, 0.4) is 0 Å². The van der Waals surface area contributed by atoms with Crippen molar-refractivity contribution in [2.75, 3.05) is 23.4 Å². The molecule has 0 radical (unpaired) electrons. The minimum absolute atomic E-state index is 0.0296. The Morgan fingerprint density at radius 3 is 2.59 bits per heavy atom. The minimum atomic E-state index is -0.419. The molecule has 1 unspecified atom stereocenters. The van der Waals surface area contributed by atoms with Crippen molar-refractivity contribution >= 4 is 23.4 Å². The molecule has 1 heterocycles. The van der Waals surface area contributed by atoms with Crippen LogP contribution in [0.5, 0.6) is 0 Å². The summed E-state index contributed by atoms with van der Waals surface area (Å²) in [6, 6.07) is 16.1. The van der Waals surface area contributed by atoms with E-state index in [9.17, 15) is 9.59 Å². The highest BCUT2D eigenvalue weighted by Crippen LogP contribution is 2.45. The van der Waals surface area contributed by atoms with Gasteiger partial charge in [-0.2, -0.15) is 0 Å². The SMILES string of the molecule is CC(=O)N1CCC(C)(c2ccccc2)c2cc(NC(=O)OCC3CCC3)ccc21. The van der Waals surface area contributed by atoms with E-state index in [4.69, 9.17) is 4.74 Å². The van der Waals surface area contributed by atoms with E-state index in [0.717, 1.165) is 30.5 Å². The van der Waals surface area contributed by atoms with Crippen LogP contribution in [0.25, 0.3) is 0 Å². The molecule has 1 saturated carbocycles. The van der Waals surface area contributed by atoms with Crippen molar-refractivity contribution < 1.29 is 14.3 Å². The fourth-order valence-corrected chi connectivity index (χ4v) is 4.32. The highest BCUT2D eigenvalue weighted by molar-refractivity contribution is 5.94. The van der Waals surface area contributed by atoms with Gasteiger partial charge in [-0.25, -0.2) is 4.79 Å². The van der Waals surface area contributed by atoms with Gasteiger partial charge in [-0.15, -0.1) is 0 Å². The van der Waals surface area contributed by atoms with E-state index in [1.165, 1.54) is 12.0 Å². The number of ether oxygens (including phenoxy) is 1. The molecule has 2 aliphatic rings. The van der Waals surface area contributed by atoms with Gasteiger partial charge < -0.3 is 9.64 Å². The van der Waals surface area contributed by atoms with E-state index >= 15 is 0 Å². The Kier molecular flexibility index (Phi) is 5.31. The summed E-state index contributed by atoms with van der Waals surface area (Å²) in [6.07, 6.45) is 3.91. The van der Waals surface area contributed by atoms with Crippen LogP contribution < -0.4 is 10.2 Å². The summed E-state index contributed by atoms with van der Waals surface area (Å²) in [5, 5.41) is 2.86. The highest BCUT2D eigenvalue weighted by Gasteiger charge is 2.38.